The highest BCUT2D eigenvalue weighted by Crippen LogP contribution is 2.16. The minimum atomic E-state index is -0.289. The number of carbonyl (C=O) groups is 1. The third-order valence-electron chi connectivity index (χ3n) is 3.86. The zero-order chi connectivity index (χ0) is 17.1. The number of hydrogen-bond donors (Lipinski definition) is 2. The molecule has 0 aliphatic heterocycles. The van der Waals surface area contributed by atoms with Crippen LogP contribution in [0, 0.1) is 6.92 Å². The lowest BCUT2D eigenvalue weighted by Crippen LogP contribution is -2.31. The lowest BCUT2D eigenvalue weighted by molar-refractivity contribution is 0.249. The van der Waals surface area contributed by atoms with Crippen LogP contribution in [0.15, 0.2) is 43.2 Å². The first-order valence-corrected chi connectivity index (χ1v) is 7.55. The molecule has 124 valence electrons. The molecule has 3 heterocycles. The molecule has 0 unspecified atom stereocenters. The van der Waals surface area contributed by atoms with Crippen molar-refractivity contribution in [1.29, 1.82) is 0 Å². The maximum atomic E-state index is 12.1. The molecule has 24 heavy (non-hydrogen) atoms. The van der Waals surface area contributed by atoms with E-state index < -0.39 is 0 Å². The summed E-state index contributed by atoms with van der Waals surface area (Å²) in [4.78, 5) is 20.4. The predicted octanol–water partition coefficient (Wildman–Crippen LogP) is 2.19. The van der Waals surface area contributed by atoms with Crippen molar-refractivity contribution in [2.24, 2.45) is 7.05 Å². The average Bonchev–Trinajstić information content (AvgIpc) is 3.19. The van der Waals surface area contributed by atoms with Gasteiger partial charge in [0, 0.05) is 30.7 Å². The van der Waals surface area contributed by atoms with Crippen molar-refractivity contribution in [1.82, 2.24) is 29.6 Å². The van der Waals surface area contributed by atoms with Crippen LogP contribution in [0.1, 0.15) is 24.2 Å². The summed E-state index contributed by atoms with van der Waals surface area (Å²) in [6, 6.07) is 3.17. The number of anilines is 1. The summed E-state index contributed by atoms with van der Waals surface area (Å²) in [6.07, 6.45) is 8.53. The monoisotopic (exact) mass is 325 g/mol. The summed E-state index contributed by atoms with van der Waals surface area (Å²) < 4.78 is 3.57. The van der Waals surface area contributed by atoms with Crippen LogP contribution in [0.2, 0.25) is 0 Å². The Morgan fingerprint density at radius 2 is 2.12 bits per heavy atom. The van der Waals surface area contributed by atoms with E-state index in [9.17, 15) is 4.79 Å². The Kier molecular flexibility index (Phi) is 4.28. The van der Waals surface area contributed by atoms with Crippen molar-refractivity contribution in [2.75, 3.05) is 5.32 Å². The number of amides is 2. The molecule has 0 bridgehead atoms. The van der Waals surface area contributed by atoms with Crippen molar-refractivity contribution < 1.29 is 4.79 Å². The van der Waals surface area contributed by atoms with E-state index in [1.165, 1.54) is 0 Å². The number of carbonyl (C=O) groups excluding carboxylic acids is 1. The second-order valence-electron chi connectivity index (χ2n) is 5.50. The van der Waals surface area contributed by atoms with Gasteiger partial charge in [-0.15, -0.1) is 0 Å². The molecule has 0 fully saturated rings. The molecule has 3 aromatic rings. The molecule has 0 saturated carbocycles. The zero-order valence-electron chi connectivity index (χ0n) is 13.8. The highest BCUT2D eigenvalue weighted by atomic mass is 16.2. The molecule has 3 rings (SSSR count). The van der Waals surface area contributed by atoms with Crippen molar-refractivity contribution in [3.05, 3.63) is 54.5 Å². The molecular weight excluding hydrogens is 306 g/mol. The maximum Gasteiger partial charge on any atom is 0.319 e. The lowest BCUT2D eigenvalue weighted by Gasteiger charge is -2.14. The molecule has 1 atom stereocenters. The first-order valence-electron chi connectivity index (χ1n) is 7.55. The van der Waals surface area contributed by atoms with Crippen LogP contribution in [0.5, 0.6) is 0 Å². The van der Waals surface area contributed by atoms with Gasteiger partial charge in [0.05, 0.1) is 24.1 Å². The molecule has 2 amide bonds. The highest BCUT2D eigenvalue weighted by molar-refractivity contribution is 5.89. The molecule has 0 radical (unpaired) electrons. The van der Waals surface area contributed by atoms with Crippen molar-refractivity contribution in [2.45, 2.75) is 19.9 Å². The number of pyridine rings is 1. The summed E-state index contributed by atoms with van der Waals surface area (Å²) in [7, 11) is 1.87. The third-order valence-corrected chi connectivity index (χ3v) is 3.86. The minimum absolute atomic E-state index is 0.142. The van der Waals surface area contributed by atoms with Gasteiger partial charge in [-0.05, 0) is 26.0 Å². The summed E-state index contributed by atoms with van der Waals surface area (Å²) in [6.45, 7) is 3.89. The second kappa shape index (κ2) is 6.53. The molecule has 8 nitrogen and oxygen atoms in total. The van der Waals surface area contributed by atoms with Crippen LogP contribution < -0.4 is 10.6 Å². The largest absolute Gasteiger partial charge is 0.331 e. The van der Waals surface area contributed by atoms with Crippen LogP contribution in [0.4, 0.5) is 10.5 Å². The van der Waals surface area contributed by atoms with Crippen LogP contribution in [-0.2, 0) is 7.05 Å². The first-order chi connectivity index (χ1) is 11.5. The summed E-state index contributed by atoms with van der Waals surface area (Å²) in [5.74, 6) is 0.734. The molecule has 8 heteroatoms. The Labute approximate surface area is 139 Å². The van der Waals surface area contributed by atoms with Crippen LogP contribution in [0.3, 0.4) is 0 Å². The standard InChI is InChI=1S/C16H19N7O/c1-11(14-9-19-22(3)12(14)2)20-16(24)21-13-4-5-15(18-8-13)23-7-6-17-10-23/h4-11H,1-3H3,(H2,20,21,24)/t11-/m1/s1. The molecule has 0 saturated heterocycles. The highest BCUT2D eigenvalue weighted by Gasteiger charge is 2.14. The van der Waals surface area contributed by atoms with Gasteiger partial charge in [-0.2, -0.15) is 5.10 Å². The molecule has 3 aromatic heterocycles. The van der Waals surface area contributed by atoms with Gasteiger partial charge >= 0.3 is 6.03 Å². The number of nitrogens with zero attached hydrogens (tertiary/aromatic N) is 5. The SMILES string of the molecule is Cc1c([C@@H](C)NC(=O)Nc2ccc(-n3ccnc3)nc2)cnn1C. The first kappa shape index (κ1) is 15.7. The lowest BCUT2D eigenvalue weighted by atomic mass is 10.1. The van der Waals surface area contributed by atoms with E-state index in [1.54, 1.807) is 46.4 Å². The van der Waals surface area contributed by atoms with Gasteiger partial charge < -0.3 is 10.6 Å². The third kappa shape index (κ3) is 3.27. The quantitative estimate of drug-likeness (QED) is 0.769. The Morgan fingerprint density at radius 1 is 1.29 bits per heavy atom. The number of aryl methyl sites for hydroxylation is 1. The number of rotatable bonds is 4. The number of urea groups is 1. The molecule has 0 aliphatic rings. The van der Waals surface area contributed by atoms with E-state index in [1.807, 2.05) is 27.0 Å². The normalized spacial score (nSPS) is 12.0. The topological polar surface area (TPSA) is 89.7 Å². The Hall–Kier alpha value is -3.16. The van der Waals surface area contributed by atoms with Crippen LogP contribution >= 0.6 is 0 Å². The fourth-order valence-electron chi connectivity index (χ4n) is 2.39. The van der Waals surface area contributed by atoms with Gasteiger partial charge in [0.25, 0.3) is 0 Å². The van der Waals surface area contributed by atoms with E-state index in [2.05, 4.69) is 25.7 Å². The summed E-state index contributed by atoms with van der Waals surface area (Å²) >= 11 is 0. The number of aromatic nitrogens is 5. The van der Waals surface area contributed by atoms with E-state index in [4.69, 9.17) is 0 Å². The van der Waals surface area contributed by atoms with E-state index in [0.29, 0.717) is 5.69 Å². The van der Waals surface area contributed by atoms with Crippen molar-refractivity contribution in [3.8, 4) is 5.82 Å². The zero-order valence-corrected chi connectivity index (χ0v) is 13.8. The summed E-state index contributed by atoms with van der Waals surface area (Å²) in [5.41, 5.74) is 2.63. The van der Waals surface area contributed by atoms with Gasteiger partial charge in [-0.25, -0.2) is 14.8 Å². The number of imidazole rings is 1. The van der Waals surface area contributed by atoms with Crippen LogP contribution in [0.25, 0.3) is 5.82 Å². The van der Waals surface area contributed by atoms with Crippen molar-refractivity contribution in [3.63, 3.8) is 0 Å². The molecule has 0 aliphatic carbocycles. The molecular formula is C16H19N7O. The van der Waals surface area contributed by atoms with Gasteiger partial charge in [0.1, 0.15) is 12.1 Å². The van der Waals surface area contributed by atoms with Gasteiger partial charge in [0.15, 0.2) is 0 Å². The van der Waals surface area contributed by atoms with Gasteiger partial charge in [-0.1, -0.05) is 0 Å². The summed E-state index contributed by atoms with van der Waals surface area (Å²) in [5, 5.41) is 9.86. The fraction of sp³-hybridized carbons (Fsp3) is 0.250. The van der Waals surface area contributed by atoms with Gasteiger partial charge in [0.2, 0.25) is 0 Å². The van der Waals surface area contributed by atoms with Crippen molar-refractivity contribution >= 4 is 11.7 Å². The smallest absolute Gasteiger partial charge is 0.319 e. The molecule has 0 spiro atoms. The van der Waals surface area contributed by atoms with Crippen LogP contribution in [-0.4, -0.2) is 30.3 Å². The van der Waals surface area contributed by atoms with E-state index in [0.717, 1.165) is 17.1 Å². The minimum Gasteiger partial charge on any atom is -0.331 e. The van der Waals surface area contributed by atoms with Gasteiger partial charge in [-0.3, -0.25) is 9.25 Å². The van der Waals surface area contributed by atoms with E-state index in [-0.39, 0.29) is 12.1 Å². The predicted molar refractivity (Wildman–Crippen MR) is 89.9 cm³/mol. The number of hydrogen-bond acceptors (Lipinski definition) is 4. The molecule has 2 N–H and O–H groups in total. The Balaban J connectivity index is 1.61. The second-order valence-corrected chi connectivity index (χ2v) is 5.50. The number of nitrogens with one attached hydrogen (secondary N) is 2. The Bertz CT molecular complexity index is 821. The van der Waals surface area contributed by atoms with E-state index >= 15 is 0 Å². The Morgan fingerprint density at radius 3 is 2.71 bits per heavy atom. The molecule has 0 aromatic carbocycles. The maximum absolute atomic E-state index is 12.1. The average molecular weight is 325 g/mol. The fourth-order valence-corrected chi connectivity index (χ4v) is 2.39.